The minimum atomic E-state index is -0.417. The summed E-state index contributed by atoms with van der Waals surface area (Å²) in [6.45, 7) is 0.753. The van der Waals surface area contributed by atoms with Gasteiger partial charge in [-0.05, 0) is 69.4 Å². The van der Waals surface area contributed by atoms with Gasteiger partial charge in [0.25, 0.3) is 5.91 Å². The zero-order valence-corrected chi connectivity index (χ0v) is 18.9. The second-order valence-electron chi connectivity index (χ2n) is 6.44. The SMILES string of the molecule is COc1ccc(OCCOc2ccc(/C=C3/C(=N)N4C=CSC4=NC3=O)cc2Br)cc1. The summed E-state index contributed by atoms with van der Waals surface area (Å²) in [5.41, 5.74) is 1.00. The van der Waals surface area contributed by atoms with E-state index in [-0.39, 0.29) is 11.4 Å². The Morgan fingerprint density at radius 2 is 1.87 bits per heavy atom. The van der Waals surface area contributed by atoms with Crippen LogP contribution in [0.25, 0.3) is 6.08 Å². The van der Waals surface area contributed by atoms with E-state index in [1.165, 1.54) is 11.8 Å². The Kier molecular flexibility index (Phi) is 6.43. The highest BCUT2D eigenvalue weighted by atomic mass is 79.9. The van der Waals surface area contributed by atoms with Crippen molar-refractivity contribution in [2.45, 2.75) is 0 Å². The third-order valence-electron chi connectivity index (χ3n) is 4.45. The van der Waals surface area contributed by atoms with E-state index in [9.17, 15) is 4.79 Å². The molecule has 1 N–H and O–H groups in total. The van der Waals surface area contributed by atoms with Crippen LogP contribution in [0.2, 0.25) is 0 Å². The van der Waals surface area contributed by atoms with Crippen molar-refractivity contribution in [3.63, 3.8) is 0 Å². The first-order valence-electron chi connectivity index (χ1n) is 9.30. The largest absolute Gasteiger partial charge is 0.497 e. The zero-order chi connectivity index (χ0) is 21.8. The third-order valence-corrected chi connectivity index (χ3v) is 5.83. The fourth-order valence-corrected chi connectivity index (χ4v) is 4.12. The molecule has 2 heterocycles. The second kappa shape index (κ2) is 9.40. The maximum atomic E-state index is 12.3. The summed E-state index contributed by atoms with van der Waals surface area (Å²) in [7, 11) is 1.62. The number of fused-ring (bicyclic) bond motifs is 1. The van der Waals surface area contributed by atoms with Crippen molar-refractivity contribution in [2.75, 3.05) is 20.3 Å². The number of methoxy groups -OCH3 is 1. The van der Waals surface area contributed by atoms with Crippen LogP contribution in [-0.4, -0.2) is 42.1 Å². The Bertz CT molecular complexity index is 1110. The summed E-state index contributed by atoms with van der Waals surface area (Å²) in [6, 6.07) is 12.8. The minimum absolute atomic E-state index is 0.114. The highest BCUT2D eigenvalue weighted by molar-refractivity contribution is 9.10. The number of carbonyl (C=O) groups excluding carboxylic acids is 1. The van der Waals surface area contributed by atoms with Crippen molar-refractivity contribution in [1.82, 2.24) is 4.90 Å². The van der Waals surface area contributed by atoms with Gasteiger partial charge in [-0.3, -0.25) is 15.1 Å². The van der Waals surface area contributed by atoms with E-state index < -0.39 is 5.91 Å². The number of nitrogens with one attached hydrogen (secondary N) is 1. The van der Waals surface area contributed by atoms with Gasteiger partial charge in [-0.15, -0.1) is 0 Å². The maximum Gasteiger partial charge on any atom is 0.283 e. The molecule has 0 aliphatic carbocycles. The Labute approximate surface area is 192 Å². The molecule has 158 valence electrons. The van der Waals surface area contributed by atoms with E-state index in [4.69, 9.17) is 19.6 Å². The quantitative estimate of drug-likeness (QED) is 0.439. The highest BCUT2D eigenvalue weighted by Crippen LogP contribution is 2.30. The molecule has 0 spiro atoms. The molecule has 2 aromatic carbocycles. The molecule has 0 aromatic heterocycles. The van der Waals surface area contributed by atoms with Gasteiger partial charge in [0.15, 0.2) is 5.17 Å². The van der Waals surface area contributed by atoms with Gasteiger partial charge in [0, 0.05) is 6.20 Å². The van der Waals surface area contributed by atoms with Crippen LogP contribution >= 0.6 is 27.7 Å². The molecular formula is C22H18BrN3O4S. The Morgan fingerprint density at radius 3 is 2.61 bits per heavy atom. The van der Waals surface area contributed by atoms with Crippen molar-refractivity contribution in [2.24, 2.45) is 4.99 Å². The first kappa shape index (κ1) is 21.2. The summed E-state index contributed by atoms with van der Waals surface area (Å²) < 4.78 is 17.3. The predicted octanol–water partition coefficient (Wildman–Crippen LogP) is 4.69. The number of carbonyl (C=O) groups is 1. The highest BCUT2D eigenvalue weighted by Gasteiger charge is 2.31. The Balaban J connectivity index is 1.36. The van der Waals surface area contributed by atoms with E-state index in [1.54, 1.807) is 35.8 Å². The molecule has 0 saturated carbocycles. The van der Waals surface area contributed by atoms with Gasteiger partial charge in [-0.2, -0.15) is 4.99 Å². The fraction of sp³-hybridized carbons (Fsp3) is 0.136. The molecule has 0 fully saturated rings. The molecule has 0 unspecified atom stereocenters. The molecule has 0 saturated heterocycles. The normalized spacial score (nSPS) is 16.4. The number of benzene rings is 2. The number of rotatable bonds is 7. The van der Waals surface area contributed by atoms with Crippen molar-refractivity contribution in [1.29, 1.82) is 5.41 Å². The first-order valence-corrected chi connectivity index (χ1v) is 11.0. The summed E-state index contributed by atoms with van der Waals surface area (Å²) in [4.78, 5) is 17.9. The van der Waals surface area contributed by atoms with Crippen molar-refractivity contribution >= 4 is 50.7 Å². The van der Waals surface area contributed by atoms with E-state index in [2.05, 4.69) is 20.9 Å². The summed E-state index contributed by atoms with van der Waals surface area (Å²) in [5.74, 6) is 1.87. The maximum absolute atomic E-state index is 12.3. The standard InChI is InChI=1S/C22H18BrN3O4S/c1-28-15-3-5-16(6-4-15)29-9-10-30-19-7-2-14(13-18(19)23)12-17-20(24)26-8-11-31-22(26)25-21(17)27/h2-8,11-13,24H,9-10H2,1H3/b17-12-,24-20?. The summed E-state index contributed by atoms with van der Waals surface area (Å²) in [5, 5.41) is 10.6. The van der Waals surface area contributed by atoms with Crippen molar-refractivity contribution in [3.05, 3.63) is 69.7 Å². The van der Waals surface area contributed by atoms with Gasteiger partial charge in [0.05, 0.1) is 17.2 Å². The van der Waals surface area contributed by atoms with Gasteiger partial charge in [0.1, 0.15) is 36.3 Å². The van der Waals surface area contributed by atoms with Gasteiger partial charge >= 0.3 is 0 Å². The molecule has 7 nitrogen and oxygen atoms in total. The Hall–Kier alpha value is -3.04. The number of halogens is 1. The minimum Gasteiger partial charge on any atom is -0.497 e. The van der Waals surface area contributed by atoms with Crippen LogP contribution in [-0.2, 0) is 4.79 Å². The lowest BCUT2D eigenvalue weighted by atomic mass is 10.1. The molecule has 9 heteroatoms. The van der Waals surface area contributed by atoms with Crippen LogP contribution in [0, 0.1) is 5.41 Å². The third kappa shape index (κ3) is 4.83. The van der Waals surface area contributed by atoms with E-state index in [0.29, 0.717) is 24.1 Å². The van der Waals surface area contributed by atoms with Gasteiger partial charge < -0.3 is 14.2 Å². The summed E-state index contributed by atoms with van der Waals surface area (Å²) in [6.07, 6.45) is 3.39. The van der Waals surface area contributed by atoms with Crippen molar-refractivity contribution in [3.8, 4) is 17.2 Å². The van der Waals surface area contributed by atoms with Crippen LogP contribution in [0.15, 0.2) is 69.1 Å². The number of hydrogen-bond donors (Lipinski definition) is 1. The van der Waals surface area contributed by atoms with Crippen LogP contribution in [0.1, 0.15) is 5.56 Å². The molecule has 0 atom stereocenters. The van der Waals surface area contributed by atoms with Crippen LogP contribution in [0.3, 0.4) is 0 Å². The van der Waals surface area contributed by atoms with Gasteiger partial charge in [-0.1, -0.05) is 17.8 Å². The topological polar surface area (TPSA) is 84.2 Å². The first-order chi connectivity index (χ1) is 15.0. The number of amidine groups is 2. The predicted molar refractivity (Wildman–Crippen MR) is 125 cm³/mol. The number of nitrogens with zero attached hydrogens (tertiary/aromatic N) is 2. The molecule has 0 radical (unpaired) electrons. The second-order valence-corrected chi connectivity index (χ2v) is 8.17. The monoisotopic (exact) mass is 499 g/mol. The zero-order valence-electron chi connectivity index (χ0n) is 16.5. The van der Waals surface area contributed by atoms with E-state index in [0.717, 1.165) is 21.5 Å². The average molecular weight is 500 g/mol. The van der Waals surface area contributed by atoms with E-state index >= 15 is 0 Å². The molecule has 1 amide bonds. The van der Waals surface area contributed by atoms with Crippen LogP contribution < -0.4 is 14.2 Å². The van der Waals surface area contributed by atoms with Crippen LogP contribution in [0.5, 0.6) is 17.2 Å². The molecule has 31 heavy (non-hydrogen) atoms. The van der Waals surface area contributed by atoms with Gasteiger partial charge in [0.2, 0.25) is 0 Å². The number of ether oxygens (including phenoxy) is 3. The molecule has 2 aliphatic heterocycles. The lowest BCUT2D eigenvalue weighted by molar-refractivity contribution is -0.114. The number of aliphatic imine (C=N–C) groups is 1. The van der Waals surface area contributed by atoms with E-state index in [1.807, 2.05) is 36.4 Å². The molecule has 2 aromatic rings. The smallest absolute Gasteiger partial charge is 0.283 e. The molecule has 4 rings (SSSR count). The molecule has 0 bridgehead atoms. The lowest BCUT2D eigenvalue weighted by Gasteiger charge is -2.22. The van der Waals surface area contributed by atoms with Crippen LogP contribution in [0.4, 0.5) is 0 Å². The van der Waals surface area contributed by atoms with Gasteiger partial charge in [-0.25, -0.2) is 0 Å². The summed E-state index contributed by atoms with van der Waals surface area (Å²) >= 11 is 4.82. The Morgan fingerprint density at radius 1 is 1.13 bits per heavy atom. The number of amides is 1. The molecule has 2 aliphatic rings. The number of hydrogen-bond acceptors (Lipinski definition) is 6. The fourth-order valence-electron chi connectivity index (χ4n) is 2.91. The number of thioether (sulfide) groups is 1. The van der Waals surface area contributed by atoms with Crippen molar-refractivity contribution < 1.29 is 19.0 Å². The lowest BCUT2D eigenvalue weighted by Crippen LogP contribution is -2.35. The molecular weight excluding hydrogens is 482 g/mol. The average Bonchev–Trinajstić information content (AvgIpc) is 3.24.